The molecule has 1 heterocycles. The molecular weight excluding hydrogens is 232 g/mol. The first-order valence-electron chi connectivity index (χ1n) is 5.88. The number of nitrogens with one attached hydrogen (secondary N) is 1. The van der Waals surface area contributed by atoms with E-state index in [2.05, 4.69) is 10.3 Å². The van der Waals surface area contributed by atoms with Crippen LogP contribution >= 0.6 is 0 Å². The standard InChI is InChI=1S/C13H16N2O3/c1-18-14-13(17)11-7-8-12(16)15(11)9-10-5-3-2-4-6-10/h2-6,11H,7-9H2,1H3,(H,14,17). The van der Waals surface area contributed by atoms with Crippen molar-refractivity contribution in [2.24, 2.45) is 0 Å². The highest BCUT2D eigenvalue weighted by atomic mass is 16.6. The highest BCUT2D eigenvalue weighted by Crippen LogP contribution is 2.21. The molecule has 2 amide bonds. The molecule has 5 heteroatoms. The monoisotopic (exact) mass is 248 g/mol. The number of carbonyl (C=O) groups is 2. The van der Waals surface area contributed by atoms with Gasteiger partial charge >= 0.3 is 0 Å². The summed E-state index contributed by atoms with van der Waals surface area (Å²) in [6.45, 7) is 0.460. The Labute approximate surface area is 106 Å². The number of amides is 2. The van der Waals surface area contributed by atoms with Crippen LogP contribution in [0, 0.1) is 0 Å². The van der Waals surface area contributed by atoms with Crippen molar-refractivity contribution in [1.82, 2.24) is 10.4 Å². The molecule has 1 saturated heterocycles. The molecule has 0 radical (unpaired) electrons. The Morgan fingerprint density at radius 3 is 2.83 bits per heavy atom. The zero-order chi connectivity index (χ0) is 13.0. The average molecular weight is 248 g/mol. The van der Waals surface area contributed by atoms with Crippen molar-refractivity contribution in [3.8, 4) is 0 Å². The second-order valence-electron chi connectivity index (χ2n) is 4.23. The molecule has 1 N–H and O–H groups in total. The Kier molecular flexibility index (Phi) is 3.94. The molecule has 1 atom stereocenters. The van der Waals surface area contributed by atoms with Crippen LogP contribution < -0.4 is 5.48 Å². The van der Waals surface area contributed by atoms with Gasteiger partial charge in [0.15, 0.2) is 0 Å². The molecule has 0 bridgehead atoms. The van der Waals surface area contributed by atoms with Crippen molar-refractivity contribution in [2.45, 2.75) is 25.4 Å². The van der Waals surface area contributed by atoms with Crippen LogP contribution in [0.15, 0.2) is 30.3 Å². The van der Waals surface area contributed by atoms with Gasteiger partial charge < -0.3 is 4.90 Å². The van der Waals surface area contributed by atoms with Crippen LogP contribution in [0.2, 0.25) is 0 Å². The average Bonchev–Trinajstić information content (AvgIpc) is 2.73. The SMILES string of the molecule is CONC(=O)C1CCC(=O)N1Cc1ccccc1. The zero-order valence-corrected chi connectivity index (χ0v) is 10.3. The summed E-state index contributed by atoms with van der Waals surface area (Å²) in [5.41, 5.74) is 3.31. The van der Waals surface area contributed by atoms with E-state index in [0.717, 1.165) is 5.56 Å². The maximum atomic E-state index is 11.8. The first-order valence-corrected chi connectivity index (χ1v) is 5.88. The van der Waals surface area contributed by atoms with Gasteiger partial charge in [0.05, 0.1) is 7.11 Å². The van der Waals surface area contributed by atoms with E-state index < -0.39 is 6.04 Å². The molecule has 1 aromatic carbocycles. The third kappa shape index (κ3) is 2.68. The summed E-state index contributed by atoms with van der Waals surface area (Å²) in [6, 6.07) is 9.20. The number of rotatable bonds is 4. The minimum atomic E-state index is -0.433. The van der Waals surface area contributed by atoms with Crippen LogP contribution in [0.4, 0.5) is 0 Å². The lowest BCUT2D eigenvalue weighted by molar-refractivity contribution is -0.141. The number of hydroxylamine groups is 1. The number of carbonyl (C=O) groups excluding carboxylic acids is 2. The highest BCUT2D eigenvalue weighted by molar-refractivity contribution is 5.90. The normalized spacial score (nSPS) is 19.1. The molecule has 1 aromatic rings. The van der Waals surface area contributed by atoms with Crippen LogP contribution in [0.25, 0.3) is 0 Å². The number of hydrogen-bond acceptors (Lipinski definition) is 3. The maximum absolute atomic E-state index is 11.8. The van der Waals surface area contributed by atoms with Crippen molar-refractivity contribution in [2.75, 3.05) is 7.11 Å². The van der Waals surface area contributed by atoms with E-state index in [4.69, 9.17) is 0 Å². The first-order chi connectivity index (χ1) is 8.72. The first kappa shape index (κ1) is 12.6. The molecule has 96 valence electrons. The fourth-order valence-corrected chi connectivity index (χ4v) is 2.15. The van der Waals surface area contributed by atoms with Gasteiger partial charge in [-0.3, -0.25) is 14.4 Å². The van der Waals surface area contributed by atoms with Gasteiger partial charge in [-0.25, -0.2) is 5.48 Å². The number of likely N-dealkylation sites (tertiary alicyclic amines) is 1. The van der Waals surface area contributed by atoms with Crippen LogP contribution in [0.1, 0.15) is 18.4 Å². The lowest BCUT2D eigenvalue weighted by atomic mass is 10.2. The van der Waals surface area contributed by atoms with Crippen molar-refractivity contribution in [3.63, 3.8) is 0 Å². The molecule has 0 spiro atoms. The predicted octanol–water partition coefficient (Wildman–Crippen LogP) is 0.855. The van der Waals surface area contributed by atoms with Gasteiger partial charge in [0, 0.05) is 13.0 Å². The molecule has 0 saturated carbocycles. The van der Waals surface area contributed by atoms with E-state index in [0.29, 0.717) is 19.4 Å². The molecule has 1 aliphatic heterocycles. The Balaban J connectivity index is 2.08. The third-order valence-electron chi connectivity index (χ3n) is 3.03. The molecule has 1 aliphatic rings. The molecule has 1 unspecified atom stereocenters. The summed E-state index contributed by atoms with van der Waals surface area (Å²) in [5.74, 6) is -0.255. The second kappa shape index (κ2) is 5.64. The van der Waals surface area contributed by atoms with E-state index >= 15 is 0 Å². The van der Waals surface area contributed by atoms with E-state index in [1.807, 2.05) is 30.3 Å². The molecule has 5 nitrogen and oxygen atoms in total. The summed E-state index contributed by atoms with van der Waals surface area (Å²) in [5, 5.41) is 0. The Hall–Kier alpha value is -1.88. The third-order valence-corrected chi connectivity index (χ3v) is 3.03. The predicted molar refractivity (Wildman–Crippen MR) is 65.2 cm³/mol. The van der Waals surface area contributed by atoms with E-state index in [1.165, 1.54) is 7.11 Å². The van der Waals surface area contributed by atoms with E-state index in [9.17, 15) is 9.59 Å². The zero-order valence-electron chi connectivity index (χ0n) is 10.3. The summed E-state index contributed by atoms with van der Waals surface area (Å²) in [4.78, 5) is 29.8. The molecule has 2 rings (SSSR count). The van der Waals surface area contributed by atoms with Crippen molar-refractivity contribution < 1.29 is 14.4 Å². The Bertz CT molecular complexity index is 433. The lowest BCUT2D eigenvalue weighted by Gasteiger charge is -2.23. The molecule has 18 heavy (non-hydrogen) atoms. The lowest BCUT2D eigenvalue weighted by Crippen LogP contribution is -2.43. The second-order valence-corrected chi connectivity index (χ2v) is 4.23. The van der Waals surface area contributed by atoms with Crippen LogP contribution in [-0.4, -0.2) is 29.9 Å². The van der Waals surface area contributed by atoms with Gasteiger partial charge in [0.2, 0.25) is 5.91 Å². The highest BCUT2D eigenvalue weighted by Gasteiger charge is 2.35. The van der Waals surface area contributed by atoms with Gasteiger partial charge in [0.25, 0.3) is 5.91 Å². The fourth-order valence-electron chi connectivity index (χ4n) is 2.15. The Morgan fingerprint density at radius 1 is 1.44 bits per heavy atom. The van der Waals surface area contributed by atoms with E-state index in [1.54, 1.807) is 4.90 Å². The van der Waals surface area contributed by atoms with Gasteiger partial charge in [-0.05, 0) is 12.0 Å². The van der Waals surface area contributed by atoms with Crippen molar-refractivity contribution >= 4 is 11.8 Å². The molecular formula is C13H16N2O3. The summed E-state index contributed by atoms with van der Waals surface area (Å²) in [7, 11) is 1.39. The van der Waals surface area contributed by atoms with Crippen LogP contribution in [0.5, 0.6) is 0 Å². The summed E-state index contributed by atoms with van der Waals surface area (Å²) < 4.78 is 0. The molecule has 0 aliphatic carbocycles. The minimum absolute atomic E-state index is 0.00936. The topological polar surface area (TPSA) is 58.6 Å². The van der Waals surface area contributed by atoms with E-state index in [-0.39, 0.29) is 11.8 Å². The largest absolute Gasteiger partial charge is 0.326 e. The minimum Gasteiger partial charge on any atom is -0.326 e. The summed E-state index contributed by atoms with van der Waals surface area (Å²) in [6.07, 6.45) is 0.954. The smallest absolute Gasteiger partial charge is 0.266 e. The van der Waals surface area contributed by atoms with Crippen molar-refractivity contribution in [3.05, 3.63) is 35.9 Å². The fraction of sp³-hybridized carbons (Fsp3) is 0.385. The molecule has 1 fully saturated rings. The number of hydrogen-bond donors (Lipinski definition) is 1. The Morgan fingerprint density at radius 2 is 2.17 bits per heavy atom. The van der Waals surface area contributed by atoms with Crippen molar-refractivity contribution in [1.29, 1.82) is 0 Å². The van der Waals surface area contributed by atoms with Crippen LogP contribution in [-0.2, 0) is 21.0 Å². The van der Waals surface area contributed by atoms with Gasteiger partial charge in [0.1, 0.15) is 6.04 Å². The number of nitrogens with zero attached hydrogens (tertiary/aromatic N) is 1. The van der Waals surface area contributed by atoms with Gasteiger partial charge in [-0.15, -0.1) is 0 Å². The van der Waals surface area contributed by atoms with Gasteiger partial charge in [-0.1, -0.05) is 30.3 Å². The van der Waals surface area contributed by atoms with Gasteiger partial charge in [-0.2, -0.15) is 0 Å². The quantitative estimate of drug-likeness (QED) is 0.804. The number of benzene rings is 1. The molecule has 0 aromatic heterocycles. The van der Waals surface area contributed by atoms with Crippen LogP contribution in [0.3, 0.4) is 0 Å². The summed E-state index contributed by atoms with van der Waals surface area (Å²) >= 11 is 0. The maximum Gasteiger partial charge on any atom is 0.266 e.